The minimum Gasteiger partial charge on any atom is -1.00 e. The van der Waals surface area contributed by atoms with Crippen LogP contribution in [0.25, 0.3) is 0 Å². The van der Waals surface area contributed by atoms with E-state index in [1.165, 1.54) is 109 Å². The van der Waals surface area contributed by atoms with E-state index >= 15 is 0 Å². The summed E-state index contributed by atoms with van der Waals surface area (Å²) in [6.45, 7) is 5.10. The summed E-state index contributed by atoms with van der Waals surface area (Å²) in [5, 5.41) is 0. The van der Waals surface area contributed by atoms with Crippen molar-refractivity contribution < 1.29 is 17.3 Å². The van der Waals surface area contributed by atoms with Gasteiger partial charge in [-0.2, -0.15) is 0 Å². The van der Waals surface area contributed by atoms with E-state index in [0.29, 0.717) is 0 Å². The van der Waals surface area contributed by atoms with Crippen molar-refractivity contribution >= 4 is 0 Å². The van der Waals surface area contributed by atoms with E-state index in [4.69, 9.17) is 0 Å². The van der Waals surface area contributed by atoms with E-state index in [1.807, 2.05) is 6.08 Å². The van der Waals surface area contributed by atoms with Crippen LogP contribution in [0.3, 0.4) is 0 Å². The third-order valence-electron chi connectivity index (χ3n) is 4.74. The van der Waals surface area contributed by atoms with Crippen molar-refractivity contribution in [1.29, 1.82) is 0 Å². The van der Waals surface area contributed by atoms with Crippen LogP contribution in [0.4, 0.5) is 0 Å². The Morgan fingerprint density at radius 3 is 1.32 bits per heavy atom. The fourth-order valence-electron chi connectivity index (χ4n) is 3.12. The summed E-state index contributed by atoms with van der Waals surface area (Å²) in [6, 6.07) is 0. The fourth-order valence-corrected chi connectivity index (χ4v) is 3.12. The second-order valence-corrected chi connectivity index (χ2v) is 7.68. The summed E-state index contributed by atoms with van der Waals surface area (Å²) in [7, 11) is 4.50. The number of hydrogen-bond donors (Lipinski definition) is 1. The quantitative estimate of drug-likeness (QED) is 0.263. The standard InChI is InChI=1S/C23H45N.ClH/c1-4-5-6-7-8-9-10-11-12-13-14-15-16-17-18-19-20-21-22-23-24(2)3;/h4,14-15H,1,5-13,16-23H2,2-3H3;1H/b15-14-;. The van der Waals surface area contributed by atoms with Gasteiger partial charge in [0.05, 0.1) is 20.6 Å². The Labute approximate surface area is 165 Å². The minimum atomic E-state index is 0. The predicted molar refractivity (Wildman–Crippen MR) is 111 cm³/mol. The van der Waals surface area contributed by atoms with E-state index in [0.717, 1.165) is 0 Å². The Hall–Kier alpha value is -0.270. The smallest absolute Gasteiger partial charge is 0.0766 e. The first kappa shape index (κ1) is 27.0. The Bertz CT molecular complexity index is 273. The van der Waals surface area contributed by atoms with Crippen LogP contribution in [0.5, 0.6) is 0 Å². The molecule has 0 aliphatic carbocycles. The minimum absolute atomic E-state index is 0. The van der Waals surface area contributed by atoms with Gasteiger partial charge in [-0.15, -0.1) is 6.58 Å². The molecule has 0 fully saturated rings. The first-order chi connectivity index (χ1) is 11.8. The number of nitrogens with one attached hydrogen (secondary N) is 1. The lowest BCUT2D eigenvalue weighted by atomic mass is 10.1. The number of hydrogen-bond acceptors (Lipinski definition) is 0. The van der Waals surface area contributed by atoms with Crippen LogP contribution in [0.15, 0.2) is 24.8 Å². The maximum absolute atomic E-state index is 3.77. The first-order valence-corrected chi connectivity index (χ1v) is 10.8. The number of unbranched alkanes of at least 4 members (excludes halogenated alkanes) is 14. The number of allylic oxidation sites excluding steroid dienone is 3. The highest BCUT2D eigenvalue weighted by Crippen LogP contribution is 2.11. The molecule has 0 unspecified atom stereocenters. The Morgan fingerprint density at radius 1 is 0.560 bits per heavy atom. The first-order valence-electron chi connectivity index (χ1n) is 10.8. The molecule has 1 N–H and O–H groups in total. The van der Waals surface area contributed by atoms with Crippen LogP contribution in [0.1, 0.15) is 103 Å². The van der Waals surface area contributed by atoms with E-state index in [1.54, 1.807) is 4.90 Å². The normalized spacial score (nSPS) is 11.2. The molecule has 0 aromatic heterocycles. The van der Waals surface area contributed by atoms with Gasteiger partial charge in [0.2, 0.25) is 0 Å². The largest absolute Gasteiger partial charge is 1.00 e. The molecule has 0 radical (unpaired) electrons. The molecule has 0 saturated heterocycles. The van der Waals surface area contributed by atoms with E-state index in [-0.39, 0.29) is 12.4 Å². The van der Waals surface area contributed by atoms with E-state index in [9.17, 15) is 0 Å². The molecule has 0 saturated carbocycles. The molecule has 2 heteroatoms. The maximum Gasteiger partial charge on any atom is 0.0766 e. The van der Waals surface area contributed by atoms with Gasteiger partial charge < -0.3 is 17.3 Å². The Kier molecular flexibility index (Phi) is 25.6. The highest BCUT2D eigenvalue weighted by Gasteiger charge is 1.94. The SMILES string of the molecule is C=CCCCCCCCCC/C=C\CCCCCCCC[NH+](C)C.[Cl-]. The average Bonchev–Trinajstić information content (AvgIpc) is 2.56. The second kappa shape index (κ2) is 23.7. The van der Waals surface area contributed by atoms with Crippen LogP contribution in [0, 0.1) is 0 Å². The van der Waals surface area contributed by atoms with Crippen molar-refractivity contribution in [3.63, 3.8) is 0 Å². The van der Waals surface area contributed by atoms with Crippen molar-refractivity contribution in [2.24, 2.45) is 0 Å². The molecule has 0 aliphatic rings. The average molecular weight is 372 g/mol. The predicted octanol–water partition coefficient (Wildman–Crippen LogP) is 3.12. The molecule has 0 aromatic carbocycles. The highest BCUT2D eigenvalue weighted by molar-refractivity contribution is 4.81. The monoisotopic (exact) mass is 371 g/mol. The van der Waals surface area contributed by atoms with Crippen molar-refractivity contribution in [3.8, 4) is 0 Å². The Morgan fingerprint density at radius 2 is 0.920 bits per heavy atom. The molecule has 0 aliphatic heterocycles. The second-order valence-electron chi connectivity index (χ2n) is 7.68. The van der Waals surface area contributed by atoms with Gasteiger partial charge in [-0.3, -0.25) is 0 Å². The van der Waals surface area contributed by atoms with Gasteiger partial charge in [-0.05, 0) is 51.4 Å². The molecule has 0 spiro atoms. The molecule has 0 aromatic rings. The van der Waals surface area contributed by atoms with Gasteiger partial charge in [0.15, 0.2) is 0 Å². The van der Waals surface area contributed by atoms with Gasteiger partial charge in [0.1, 0.15) is 0 Å². The van der Waals surface area contributed by atoms with Gasteiger partial charge in [0.25, 0.3) is 0 Å². The lowest BCUT2D eigenvalue weighted by Crippen LogP contribution is -3.05. The molecule has 1 nitrogen and oxygen atoms in total. The van der Waals surface area contributed by atoms with Crippen LogP contribution in [-0.2, 0) is 0 Å². The number of halogens is 1. The summed E-state index contributed by atoms with van der Waals surface area (Å²) < 4.78 is 0. The molecule has 0 amide bonds. The van der Waals surface area contributed by atoms with Crippen molar-refractivity contribution in [3.05, 3.63) is 24.8 Å². The summed E-state index contributed by atoms with van der Waals surface area (Å²) in [5.74, 6) is 0. The van der Waals surface area contributed by atoms with Crippen molar-refractivity contribution in [2.45, 2.75) is 103 Å². The topological polar surface area (TPSA) is 4.44 Å². The number of quaternary nitrogens is 1. The van der Waals surface area contributed by atoms with Gasteiger partial charge in [-0.25, -0.2) is 0 Å². The molecule has 0 bridgehead atoms. The maximum atomic E-state index is 3.77. The zero-order valence-corrected chi connectivity index (χ0v) is 18.1. The van der Waals surface area contributed by atoms with E-state index in [2.05, 4.69) is 32.8 Å². The van der Waals surface area contributed by atoms with Crippen molar-refractivity contribution in [2.75, 3.05) is 20.6 Å². The van der Waals surface area contributed by atoms with Gasteiger partial charge in [0, 0.05) is 0 Å². The van der Waals surface area contributed by atoms with Crippen LogP contribution < -0.4 is 17.3 Å². The summed E-state index contributed by atoms with van der Waals surface area (Å²) in [5.41, 5.74) is 0. The molecule has 150 valence electrons. The lowest BCUT2D eigenvalue weighted by Gasteiger charge is -2.06. The fraction of sp³-hybridized carbons (Fsp3) is 0.826. The van der Waals surface area contributed by atoms with Crippen LogP contribution in [0.2, 0.25) is 0 Å². The lowest BCUT2D eigenvalue weighted by molar-refractivity contribution is -0.858. The van der Waals surface area contributed by atoms with Gasteiger partial charge in [-0.1, -0.05) is 69.6 Å². The molecule has 25 heavy (non-hydrogen) atoms. The third kappa shape index (κ3) is 26.1. The zero-order valence-electron chi connectivity index (χ0n) is 17.3. The molecule has 0 heterocycles. The third-order valence-corrected chi connectivity index (χ3v) is 4.74. The zero-order chi connectivity index (χ0) is 17.7. The molecule has 0 rings (SSSR count). The molecular formula is C23H46ClN. The van der Waals surface area contributed by atoms with Crippen molar-refractivity contribution in [1.82, 2.24) is 0 Å². The summed E-state index contributed by atoms with van der Waals surface area (Å²) in [6.07, 6.45) is 29.0. The Balaban J connectivity index is 0. The highest BCUT2D eigenvalue weighted by atomic mass is 35.5. The van der Waals surface area contributed by atoms with Crippen LogP contribution >= 0.6 is 0 Å². The summed E-state index contributed by atoms with van der Waals surface area (Å²) >= 11 is 0. The van der Waals surface area contributed by atoms with Crippen LogP contribution in [-0.4, -0.2) is 20.6 Å². The summed E-state index contributed by atoms with van der Waals surface area (Å²) in [4.78, 5) is 1.59. The van der Waals surface area contributed by atoms with E-state index < -0.39 is 0 Å². The molecule has 0 atom stereocenters. The van der Waals surface area contributed by atoms with Gasteiger partial charge >= 0.3 is 0 Å². The number of rotatable bonds is 19. The molecular weight excluding hydrogens is 326 g/mol.